The molecule has 0 aromatic rings. The van der Waals surface area contributed by atoms with Crippen LogP contribution in [0.4, 0.5) is 0 Å². The summed E-state index contributed by atoms with van der Waals surface area (Å²) in [4.78, 5) is 57.0. The van der Waals surface area contributed by atoms with Crippen molar-refractivity contribution in [3.63, 3.8) is 0 Å². The second kappa shape index (κ2) is 13.6. The molecule has 7 N–H and O–H groups in total. The zero-order valence-corrected chi connectivity index (χ0v) is 16.4. The van der Waals surface area contributed by atoms with Gasteiger partial charge in [0.1, 0.15) is 17.9 Å². The first-order valence-electron chi connectivity index (χ1n) is 9.05. The average Bonchev–Trinajstić information content (AvgIpc) is 2.61. The molecule has 12 nitrogen and oxygen atoms in total. The molecular formula is C17H29N3O9. The van der Waals surface area contributed by atoms with E-state index in [9.17, 15) is 39.3 Å². The molecule has 0 saturated carbocycles. The number of aliphatic hydroxyl groups excluding tert-OH is 1. The van der Waals surface area contributed by atoms with Crippen molar-refractivity contribution < 1.29 is 44.4 Å². The molecule has 166 valence electrons. The van der Waals surface area contributed by atoms with Crippen molar-refractivity contribution in [3.8, 4) is 0 Å². The highest BCUT2D eigenvalue weighted by Gasteiger charge is 2.24. The lowest BCUT2D eigenvalue weighted by Crippen LogP contribution is -2.45. The summed E-state index contributed by atoms with van der Waals surface area (Å²) < 4.78 is 0. The fourth-order valence-electron chi connectivity index (χ4n) is 2.40. The molecular weight excluding hydrogens is 390 g/mol. The van der Waals surface area contributed by atoms with Crippen molar-refractivity contribution in [2.24, 2.45) is 0 Å². The zero-order valence-electron chi connectivity index (χ0n) is 16.4. The number of rotatable bonds is 15. The van der Waals surface area contributed by atoms with Crippen LogP contribution in [0.5, 0.6) is 0 Å². The van der Waals surface area contributed by atoms with Crippen molar-refractivity contribution in [3.05, 3.63) is 0 Å². The van der Waals surface area contributed by atoms with Crippen LogP contribution in [-0.2, 0) is 24.0 Å². The second-order valence-corrected chi connectivity index (χ2v) is 6.54. The fraction of sp³-hybridized carbons (Fsp3) is 0.706. The van der Waals surface area contributed by atoms with Gasteiger partial charge in [-0.1, -0.05) is 0 Å². The number of nitrogens with one attached hydrogen (secondary N) is 3. The van der Waals surface area contributed by atoms with Gasteiger partial charge in [-0.25, -0.2) is 4.79 Å². The summed E-state index contributed by atoms with van der Waals surface area (Å²) in [5.41, 5.74) is 0. The van der Waals surface area contributed by atoms with Crippen LogP contribution in [0.3, 0.4) is 0 Å². The van der Waals surface area contributed by atoms with Gasteiger partial charge in [-0.15, -0.1) is 0 Å². The highest BCUT2D eigenvalue weighted by atomic mass is 16.5. The first kappa shape index (κ1) is 26.4. The van der Waals surface area contributed by atoms with Gasteiger partial charge < -0.3 is 41.2 Å². The summed E-state index contributed by atoms with van der Waals surface area (Å²) in [6, 6.07) is -3.41. The van der Waals surface area contributed by atoms with E-state index in [0.29, 0.717) is 0 Å². The van der Waals surface area contributed by atoms with Crippen molar-refractivity contribution >= 4 is 29.5 Å². The van der Waals surface area contributed by atoms with Gasteiger partial charge in [0.2, 0.25) is 11.8 Å². The van der Waals surface area contributed by atoms with Gasteiger partial charge in [0.05, 0.1) is 6.04 Å². The Bertz CT molecular complexity index is 595. The summed E-state index contributed by atoms with van der Waals surface area (Å²) in [6.45, 7) is 1.32. The average molecular weight is 419 g/mol. The number of carbonyl (C=O) groups is 5. The Balaban J connectivity index is 4.59. The smallest absolute Gasteiger partial charge is 0.326 e. The summed E-state index contributed by atoms with van der Waals surface area (Å²) in [5, 5.41) is 43.6. The van der Waals surface area contributed by atoms with Crippen molar-refractivity contribution in [2.45, 2.75) is 69.9 Å². The van der Waals surface area contributed by atoms with Gasteiger partial charge in [0.25, 0.3) is 0 Å². The summed E-state index contributed by atoms with van der Waals surface area (Å²) in [7, 11) is 1.42. The van der Waals surface area contributed by atoms with E-state index in [-0.39, 0.29) is 44.3 Å². The van der Waals surface area contributed by atoms with Crippen molar-refractivity contribution in [2.75, 3.05) is 7.05 Å². The lowest BCUT2D eigenvalue weighted by atomic mass is 10.1. The van der Waals surface area contributed by atoms with Gasteiger partial charge >= 0.3 is 11.9 Å². The van der Waals surface area contributed by atoms with E-state index in [4.69, 9.17) is 5.11 Å². The minimum Gasteiger partial charge on any atom is -0.480 e. The maximum atomic E-state index is 11.9. The number of ketones is 1. The van der Waals surface area contributed by atoms with Crippen LogP contribution in [0, 0.1) is 0 Å². The number of carboxylic acid groups (broad SMARTS) is 2. The Morgan fingerprint density at radius 3 is 1.66 bits per heavy atom. The molecule has 0 spiro atoms. The minimum absolute atomic E-state index is 0.00798. The van der Waals surface area contributed by atoms with E-state index in [1.165, 1.54) is 14.0 Å². The Hall–Kier alpha value is -2.57. The quantitative estimate of drug-likeness (QED) is 0.145. The molecule has 2 amide bonds. The molecule has 0 radical (unpaired) electrons. The molecule has 0 unspecified atom stereocenters. The van der Waals surface area contributed by atoms with Crippen LogP contribution < -0.4 is 16.0 Å². The van der Waals surface area contributed by atoms with Crippen molar-refractivity contribution in [1.29, 1.82) is 0 Å². The first-order chi connectivity index (χ1) is 13.5. The second-order valence-electron chi connectivity index (χ2n) is 6.54. The Morgan fingerprint density at radius 1 is 0.759 bits per heavy atom. The largest absolute Gasteiger partial charge is 0.480 e. The summed E-state index contributed by atoms with van der Waals surface area (Å²) >= 11 is 0. The van der Waals surface area contributed by atoms with Crippen LogP contribution in [0.1, 0.15) is 45.4 Å². The number of amides is 2. The molecule has 0 aromatic carbocycles. The molecule has 0 aliphatic rings. The van der Waals surface area contributed by atoms with E-state index in [1.807, 2.05) is 0 Å². The topological polar surface area (TPSA) is 202 Å². The number of Topliss-reactive ketones (excluding diaryl/α,β-unsaturated/α-hetero) is 1. The molecule has 0 rings (SSSR count). The molecule has 12 heteroatoms. The number of carboxylic acids is 2. The maximum Gasteiger partial charge on any atom is 0.326 e. The van der Waals surface area contributed by atoms with Crippen LogP contribution in [0.25, 0.3) is 0 Å². The monoisotopic (exact) mass is 419 g/mol. The van der Waals surface area contributed by atoms with E-state index in [2.05, 4.69) is 16.0 Å². The normalized spacial score (nSPS) is 14.0. The number of aliphatic carboxylic acids is 2. The van der Waals surface area contributed by atoms with Crippen LogP contribution in [0.2, 0.25) is 0 Å². The third-order valence-electron chi connectivity index (χ3n) is 4.11. The molecule has 0 heterocycles. The van der Waals surface area contributed by atoms with Crippen molar-refractivity contribution in [1.82, 2.24) is 16.0 Å². The first-order valence-corrected chi connectivity index (χ1v) is 9.05. The van der Waals surface area contributed by atoms with Gasteiger partial charge in [-0.3, -0.25) is 14.4 Å². The van der Waals surface area contributed by atoms with Crippen LogP contribution >= 0.6 is 0 Å². The van der Waals surface area contributed by atoms with Gasteiger partial charge in [-0.05, 0) is 33.2 Å². The maximum absolute atomic E-state index is 11.9. The number of aliphatic hydroxyl groups is 2. The lowest BCUT2D eigenvalue weighted by Gasteiger charge is -2.21. The predicted octanol–water partition coefficient (Wildman–Crippen LogP) is -2.05. The number of hydrogen-bond acceptors (Lipinski definition) is 8. The molecule has 0 aliphatic heterocycles. The standard InChI is InChI=1S/C17H29N3O9/c1-9(21)3-4-11(16(26)27)19-14(23)8-6-12(17(28)29)20-13(22)7-5-10(18-2)15(24)25/h10-12,16,18,26-27H,3-8H2,1-2H3,(H,19,23)(H,20,22)(H,24,25)(H,28,29)/t10-,11-,12-/m0/s1. The van der Waals surface area contributed by atoms with E-state index < -0.39 is 48.2 Å². The lowest BCUT2D eigenvalue weighted by molar-refractivity contribution is -0.143. The van der Waals surface area contributed by atoms with E-state index in [0.717, 1.165) is 0 Å². The molecule has 0 aromatic heterocycles. The molecule has 3 atom stereocenters. The Kier molecular flexibility index (Phi) is 12.4. The Labute approximate surface area is 167 Å². The minimum atomic E-state index is -1.89. The highest BCUT2D eigenvalue weighted by Crippen LogP contribution is 2.05. The molecule has 0 saturated heterocycles. The molecule has 29 heavy (non-hydrogen) atoms. The molecule has 0 fully saturated rings. The van der Waals surface area contributed by atoms with E-state index in [1.54, 1.807) is 0 Å². The van der Waals surface area contributed by atoms with Gasteiger partial charge in [0, 0.05) is 19.3 Å². The summed E-state index contributed by atoms with van der Waals surface area (Å²) in [5.74, 6) is -4.05. The third-order valence-corrected chi connectivity index (χ3v) is 4.11. The zero-order chi connectivity index (χ0) is 22.6. The summed E-state index contributed by atoms with van der Waals surface area (Å²) in [6.07, 6.45) is -2.71. The molecule has 0 aliphatic carbocycles. The number of likely N-dealkylation sites (N-methyl/N-ethyl adjacent to an activating group) is 1. The van der Waals surface area contributed by atoms with Crippen LogP contribution in [0.15, 0.2) is 0 Å². The number of carbonyl (C=O) groups excluding carboxylic acids is 3. The van der Waals surface area contributed by atoms with Crippen LogP contribution in [-0.4, -0.2) is 81.4 Å². The highest BCUT2D eigenvalue weighted by molar-refractivity contribution is 5.85. The SMILES string of the molecule is CN[C@@H](CCC(=O)N[C@@H](CCC(=O)N[C@@H](CCC(C)=O)C(O)O)C(=O)O)C(=O)O. The van der Waals surface area contributed by atoms with E-state index >= 15 is 0 Å². The van der Waals surface area contributed by atoms with Gasteiger partial charge in [0.15, 0.2) is 6.29 Å². The molecule has 0 bridgehead atoms. The third kappa shape index (κ3) is 11.8. The fourth-order valence-corrected chi connectivity index (χ4v) is 2.40. The predicted molar refractivity (Wildman–Crippen MR) is 98.6 cm³/mol. The van der Waals surface area contributed by atoms with Gasteiger partial charge in [-0.2, -0.15) is 0 Å². The Morgan fingerprint density at radius 2 is 1.24 bits per heavy atom. The number of hydrogen-bond donors (Lipinski definition) is 7.